The summed E-state index contributed by atoms with van der Waals surface area (Å²) >= 11 is 0. The molecule has 0 radical (unpaired) electrons. The van der Waals surface area contributed by atoms with Crippen LogP contribution >= 0.6 is 0 Å². The van der Waals surface area contributed by atoms with Gasteiger partial charge in [0.2, 0.25) is 0 Å². The molecule has 0 spiro atoms. The number of carboxylic acid groups (broad SMARTS) is 1. The summed E-state index contributed by atoms with van der Waals surface area (Å²) in [6, 6.07) is 14.9. The molecule has 4 heteroatoms. The lowest BCUT2D eigenvalue weighted by Gasteiger charge is -2.32. The fourth-order valence-electron chi connectivity index (χ4n) is 2.60. The van der Waals surface area contributed by atoms with Crippen LogP contribution in [0.3, 0.4) is 0 Å². The van der Waals surface area contributed by atoms with E-state index in [9.17, 15) is 9.90 Å². The Morgan fingerprint density at radius 2 is 1.86 bits per heavy atom. The van der Waals surface area contributed by atoms with E-state index >= 15 is 0 Å². The van der Waals surface area contributed by atoms with Crippen LogP contribution in [0, 0.1) is 0 Å². The van der Waals surface area contributed by atoms with Gasteiger partial charge in [-0.2, -0.15) is 0 Å². The van der Waals surface area contributed by atoms with Crippen molar-refractivity contribution < 1.29 is 9.90 Å². The van der Waals surface area contributed by atoms with Crippen LogP contribution in [-0.2, 0) is 4.79 Å². The van der Waals surface area contributed by atoms with Crippen LogP contribution in [0.2, 0.25) is 0 Å². The number of rotatable bonds is 6. The first kappa shape index (κ1) is 15.2. The molecule has 0 aliphatic heterocycles. The second-order valence-corrected chi connectivity index (χ2v) is 5.00. The second-order valence-electron chi connectivity index (χ2n) is 5.00. The summed E-state index contributed by atoms with van der Waals surface area (Å²) in [5.41, 5.74) is 1.89. The monoisotopic (exact) mass is 284 g/mol. The minimum Gasteiger partial charge on any atom is -0.480 e. The quantitative estimate of drug-likeness (QED) is 0.886. The van der Waals surface area contributed by atoms with Crippen molar-refractivity contribution in [3.05, 3.63) is 66.0 Å². The molecule has 2 atom stereocenters. The fraction of sp³-hybridized carbons (Fsp3) is 0.294. The molecule has 0 amide bonds. The number of benzene rings is 1. The van der Waals surface area contributed by atoms with Crippen LogP contribution in [0.4, 0.5) is 0 Å². The van der Waals surface area contributed by atoms with Crippen LogP contribution in [0.15, 0.2) is 54.7 Å². The SMILES string of the molecule is CCC(C(=O)O)N(C)C(c1ccccc1)c1ccccn1. The van der Waals surface area contributed by atoms with Gasteiger partial charge < -0.3 is 5.11 Å². The maximum Gasteiger partial charge on any atom is 0.320 e. The molecule has 0 bridgehead atoms. The number of hydrogen-bond acceptors (Lipinski definition) is 3. The van der Waals surface area contributed by atoms with Crippen LogP contribution in [0.1, 0.15) is 30.6 Å². The minimum absolute atomic E-state index is 0.173. The highest BCUT2D eigenvalue weighted by molar-refractivity contribution is 5.73. The minimum atomic E-state index is -0.808. The van der Waals surface area contributed by atoms with E-state index in [1.165, 1.54) is 0 Å². The Kier molecular flexibility index (Phi) is 5.06. The Morgan fingerprint density at radius 1 is 1.19 bits per heavy atom. The number of hydrogen-bond donors (Lipinski definition) is 1. The summed E-state index contributed by atoms with van der Waals surface area (Å²) in [6.07, 6.45) is 2.28. The van der Waals surface area contributed by atoms with Gasteiger partial charge in [0.05, 0.1) is 11.7 Å². The van der Waals surface area contributed by atoms with Crippen molar-refractivity contribution in [3.63, 3.8) is 0 Å². The van der Waals surface area contributed by atoms with E-state index in [1.807, 2.05) is 67.4 Å². The molecule has 1 N–H and O–H groups in total. The standard InChI is InChI=1S/C17H20N2O2/c1-3-15(17(20)21)19(2)16(13-9-5-4-6-10-13)14-11-7-8-12-18-14/h4-12,15-16H,3H2,1-2H3,(H,20,21). The topological polar surface area (TPSA) is 53.4 Å². The third-order valence-corrected chi connectivity index (χ3v) is 3.65. The number of pyridine rings is 1. The van der Waals surface area contributed by atoms with Gasteiger partial charge >= 0.3 is 5.97 Å². The van der Waals surface area contributed by atoms with Gasteiger partial charge in [-0.3, -0.25) is 14.7 Å². The Hall–Kier alpha value is -2.20. The molecule has 1 aromatic carbocycles. The van der Waals surface area contributed by atoms with Crippen molar-refractivity contribution in [2.45, 2.75) is 25.4 Å². The van der Waals surface area contributed by atoms with E-state index in [2.05, 4.69) is 4.98 Å². The Bertz CT molecular complexity index is 532. The molecular weight excluding hydrogens is 264 g/mol. The van der Waals surface area contributed by atoms with Crippen LogP contribution in [-0.4, -0.2) is 34.0 Å². The summed E-state index contributed by atoms with van der Waals surface area (Å²) in [6.45, 7) is 1.88. The summed E-state index contributed by atoms with van der Waals surface area (Å²) < 4.78 is 0. The molecule has 2 rings (SSSR count). The van der Waals surface area contributed by atoms with Crippen molar-refractivity contribution in [1.82, 2.24) is 9.88 Å². The largest absolute Gasteiger partial charge is 0.480 e. The normalized spacial score (nSPS) is 13.9. The van der Waals surface area contributed by atoms with Gasteiger partial charge in [-0.15, -0.1) is 0 Å². The number of carboxylic acids is 1. The second kappa shape index (κ2) is 6.99. The molecule has 2 aromatic rings. The summed E-state index contributed by atoms with van der Waals surface area (Å²) in [4.78, 5) is 17.8. The van der Waals surface area contributed by atoms with Gasteiger partial charge in [0.15, 0.2) is 0 Å². The van der Waals surface area contributed by atoms with Crippen molar-refractivity contribution >= 4 is 5.97 Å². The first-order valence-corrected chi connectivity index (χ1v) is 7.05. The predicted octanol–water partition coefficient (Wildman–Crippen LogP) is 2.97. The number of aliphatic carboxylic acids is 1. The van der Waals surface area contributed by atoms with Gasteiger partial charge in [0.25, 0.3) is 0 Å². The zero-order valence-corrected chi connectivity index (χ0v) is 12.3. The summed E-state index contributed by atoms with van der Waals surface area (Å²) in [7, 11) is 1.84. The number of aromatic nitrogens is 1. The third kappa shape index (κ3) is 3.47. The summed E-state index contributed by atoms with van der Waals surface area (Å²) in [5.74, 6) is -0.808. The number of nitrogens with zero attached hydrogens (tertiary/aromatic N) is 2. The Labute approximate surface area is 125 Å². The van der Waals surface area contributed by atoms with E-state index in [0.717, 1.165) is 11.3 Å². The molecule has 110 valence electrons. The molecule has 0 fully saturated rings. The maximum atomic E-state index is 11.5. The lowest BCUT2D eigenvalue weighted by molar-refractivity contribution is -0.143. The highest BCUT2D eigenvalue weighted by Gasteiger charge is 2.29. The first-order valence-electron chi connectivity index (χ1n) is 7.05. The summed E-state index contributed by atoms with van der Waals surface area (Å²) in [5, 5.41) is 9.42. The lowest BCUT2D eigenvalue weighted by atomic mass is 9.99. The molecule has 1 aromatic heterocycles. The lowest BCUT2D eigenvalue weighted by Crippen LogP contribution is -2.41. The van der Waals surface area contributed by atoms with Crippen molar-refractivity contribution in [1.29, 1.82) is 0 Å². The van der Waals surface area contributed by atoms with E-state index in [0.29, 0.717) is 6.42 Å². The van der Waals surface area contributed by atoms with Gasteiger partial charge in [-0.1, -0.05) is 43.3 Å². The van der Waals surface area contributed by atoms with Gasteiger partial charge in [0.1, 0.15) is 6.04 Å². The number of carbonyl (C=O) groups is 1. The van der Waals surface area contributed by atoms with E-state index in [4.69, 9.17) is 0 Å². The van der Waals surface area contributed by atoms with Crippen LogP contribution < -0.4 is 0 Å². The van der Waals surface area contributed by atoms with Crippen molar-refractivity contribution in [3.8, 4) is 0 Å². The van der Waals surface area contributed by atoms with Crippen molar-refractivity contribution in [2.75, 3.05) is 7.05 Å². The molecule has 21 heavy (non-hydrogen) atoms. The first-order chi connectivity index (χ1) is 10.1. The average Bonchev–Trinajstić information content (AvgIpc) is 2.50. The third-order valence-electron chi connectivity index (χ3n) is 3.65. The maximum absolute atomic E-state index is 11.5. The van der Waals surface area contributed by atoms with Crippen LogP contribution in [0.5, 0.6) is 0 Å². The fourth-order valence-corrected chi connectivity index (χ4v) is 2.60. The predicted molar refractivity (Wildman–Crippen MR) is 82.0 cm³/mol. The Balaban J connectivity index is 2.44. The molecule has 2 unspecified atom stereocenters. The van der Waals surface area contributed by atoms with E-state index in [-0.39, 0.29) is 6.04 Å². The molecule has 0 saturated carbocycles. The smallest absolute Gasteiger partial charge is 0.320 e. The van der Waals surface area contributed by atoms with Gasteiger partial charge in [-0.25, -0.2) is 0 Å². The zero-order chi connectivity index (χ0) is 15.2. The molecule has 0 saturated heterocycles. The van der Waals surface area contributed by atoms with Gasteiger partial charge in [-0.05, 0) is 31.2 Å². The molecular formula is C17H20N2O2. The van der Waals surface area contributed by atoms with Gasteiger partial charge in [0, 0.05) is 6.20 Å². The van der Waals surface area contributed by atoms with E-state index in [1.54, 1.807) is 6.20 Å². The molecule has 1 heterocycles. The Morgan fingerprint density at radius 3 is 2.38 bits per heavy atom. The highest BCUT2D eigenvalue weighted by Crippen LogP contribution is 2.28. The van der Waals surface area contributed by atoms with E-state index < -0.39 is 12.0 Å². The highest BCUT2D eigenvalue weighted by atomic mass is 16.4. The molecule has 0 aliphatic carbocycles. The zero-order valence-electron chi connectivity index (χ0n) is 12.3. The number of likely N-dealkylation sites (N-methyl/N-ethyl adjacent to an activating group) is 1. The van der Waals surface area contributed by atoms with Crippen molar-refractivity contribution in [2.24, 2.45) is 0 Å². The average molecular weight is 284 g/mol. The van der Waals surface area contributed by atoms with Crippen LogP contribution in [0.25, 0.3) is 0 Å². The molecule has 4 nitrogen and oxygen atoms in total. The molecule has 0 aliphatic rings.